The van der Waals surface area contributed by atoms with Gasteiger partial charge in [0.2, 0.25) is 5.91 Å². The first-order valence-electron chi connectivity index (χ1n) is 14.5. The number of hydrogen-bond donors (Lipinski definition) is 2. The lowest BCUT2D eigenvalue weighted by Crippen LogP contribution is -2.41. The molecule has 2 N–H and O–H groups in total. The zero-order valence-electron chi connectivity index (χ0n) is 26.4. The van der Waals surface area contributed by atoms with Gasteiger partial charge in [-0.2, -0.15) is 13.2 Å². The fraction of sp³-hybridized carbons (Fsp3) is 0.424. The Morgan fingerprint density at radius 2 is 1.65 bits per heavy atom. The first-order chi connectivity index (χ1) is 21.3. The van der Waals surface area contributed by atoms with Crippen LogP contribution >= 0.6 is 23.2 Å². The van der Waals surface area contributed by atoms with E-state index in [1.165, 1.54) is 19.1 Å². The summed E-state index contributed by atoms with van der Waals surface area (Å²) in [5.74, 6) is -3.18. The summed E-state index contributed by atoms with van der Waals surface area (Å²) >= 11 is 13.0. The minimum Gasteiger partial charge on any atom is -0.481 e. The molecule has 250 valence electrons. The molecule has 13 heteroatoms. The van der Waals surface area contributed by atoms with Crippen molar-refractivity contribution < 1.29 is 32.3 Å². The van der Waals surface area contributed by atoms with Gasteiger partial charge in [0.25, 0.3) is 5.56 Å². The Morgan fingerprint density at radius 1 is 1.04 bits per heavy atom. The summed E-state index contributed by atoms with van der Waals surface area (Å²) in [5, 5.41) is 12.9. The lowest BCUT2D eigenvalue weighted by atomic mass is 9.93. The largest absolute Gasteiger partial charge is 0.481 e. The maximum absolute atomic E-state index is 15.7. The van der Waals surface area contributed by atoms with Crippen molar-refractivity contribution in [2.45, 2.75) is 65.2 Å². The molecular weight excluding hydrogens is 649 g/mol. The van der Waals surface area contributed by atoms with Gasteiger partial charge in [0, 0.05) is 29.9 Å². The third kappa shape index (κ3) is 9.11. The highest BCUT2D eigenvalue weighted by Crippen LogP contribution is 2.39. The van der Waals surface area contributed by atoms with Gasteiger partial charge in [-0.05, 0) is 93.2 Å². The number of halogens is 6. The van der Waals surface area contributed by atoms with Crippen LogP contribution in [0.15, 0.2) is 41.3 Å². The lowest BCUT2D eigenvalue weighted by molar-refractivity contribution is -0.139. The van der Waals surface area contributed by atoms with Crippen LogP contribution in [0.3, 0.4) is 0 Å². The van der Waals surface area contributed by atoms with Crippen LogP contribution in [0.25, 0.3) is 11.1 Å². The van der Waals surface area contributed by atoms with Gasteiger partial charge in [-0.3, -0.25) is 14.4 Å². The van der Waals surface area contributed by atoms with Gasteiger partial charge >= 0.3 is 12.1 Å². The number of aromatic nitrogens is 1. The van der Waals surface area contributed by atoms with E-state index >= 15 is 4.39 Å². The minimum atomic E-state index is -4.80. The molecule has 7 nitrogen and oxygen atoms in total. The predicted octanol–water partition coefficient (Wildman–Crippen LogP) is 7.62. The summed E-state index contributed by atoms with van der Waals surface area (Å²) < 4.78 is 58.3. The molecule has 0 fully saturated rings. The number of nitrogens with one attached hydrogen (secondary N) is 1. The molecule has 1 amide bonds. The highest BCUT2D eigenvalue weighted by molar-refractivity contribution is 6.39. The van der Waals surface area contributed by atoms with Gasteiger partial charge in [-0.15, -0.1) is 0 Å². The van der Waals surface area contributed by atoms with Gasteiger partial charge in [-0.1, -0.05) is 37.0 Å². The number of carbonyl (C=O) groups is 2. The SMILES string of the molecule is Cc1cc(Cl)c(-c2cc(C)c(F)c([C@H](CC(=O)O)NC(=O)C(CC(C)C)n3cc(CCN(C)C)c(C(F)(F)F)cc3=O)c2)c(Cl)c1. The fourth-order valence-electron chi connectivity index (χ4n) is 5.29. The van der Waals surface area contributed by atoms with Crippen LogP contribution in [0.4, 0.5) is 17.6 Å². The maximum atomic E-state index is 15.7. The topological polar surface area (TPSA) is 91.6 Å². The Labute approximate surface area is 275 Å². The minimum absolute atomic E-state index is 0.0279. The third-order valence-corrected chi connectivity index (χ3v) is 8.05. The summed E-state index contributed by atoms with van der Waals surface area (Å²) in [7, 11) is 3.38. The number of rotatable bonds is 12. The Bertz CT molecular complexity index is 1650. The molecule has 0 aliphatic rings. The van der Waals surface area contributed by atoms with Crippen LogP contribution in [-0.2, 0) is 22.2 Å². The second-order valence-electron chi connectivity index (χ2n) is 12.1. The molecule has 0 saturated carbocycles. The van der Waals surface area contributed by atoms with Crippen molar-refractivity contribution in [3.05, 3.63) is 90.6 Å². The second kappa shape index (κ2) is 15.0. The van der Waals surface area contributed by atoms with Gasteiger partial charge in [0.15, 0.2) is 0 Å². The number of carbonyl (C=O) groups excluding carboxylic acids is 1. The van der Waals surface area contributed by atoms with Gasteiger partial charge in [0.1, 0.15) is 11.9 Å². The molecule has 2 aromatic carbocycles. The summed E-state index contributed by atoms with van der Waals surface area (Å²) in [6, 6.07) is 3.93. The molecule has 0 spiro atoms. The van der Waals surface area contributed by atoms with Crippen molar-refractivity contribution in [1.82, 2.24) is 14.8 Å². The molecule has 0 aliphatic heterocycles. The average Bonchev–Trinajstić information content (AvgIpc) is 2.90. The number of alkyl halides is 3. The van der Waals surface area contributed by atoms with Crippen LogP contribution in [0, 0.1) is 25.6 Å². The monoisotopic (exact) mass is 685 g/mol. The first-order valence-corrected chi connectivity index (χ1v) is 15.3. The molecule has 1 heterocycles. The van der Waals surface area contributed by atoms with Crippen molar-refractivity contribution in [2.75, 3.05) is 20.6 Å². The maximum Gasteiger partial charge on any atom is 0.416 e. The molecule has 3 rings (SSSR count). The number of aliphatic carboxylic acids is 1. The smallest absolute Gasteiger partial charge is 0.416 e. The summed E-state index contributed by atoms with van der Waals surface area (Å²) in [4.78, 5) is 40.7. The molecule has 0 saturated heterocycles. The van der Waals surface area contributed by atoms with E-state index < -0.39 is 53.5 Å². The molecule has 2 atom stereocenters. The molecule has 46 heavy (non-hydrogen) atoms. The number of aryl methyl sites for hydroxylation is 2. The van der Waals surface area contributed by atoms with E-state index in [2.05, 4.69) is 5.32 Å². The van der Waals surface area contributed by atoms with Crippen LogP contribution in [-0.4, -0.2) is 47.1 Å². The average molecular weight is 687 g/mol. The van der Waals surface area contributed by atoms with Crippen molar-refractivity contribution in [3.8, 4) is 11.1 Å². The Morgan fingerprint density at radius 3 is 2.17 bits per heavy atom. The number of carboxylic acid groups (broad SMARTS) is 1. The number of amides is 1. The van der Waals surface area contributed by atoms with Crippen molar-refractivity contribution >= 4 is 35.1 Å². The van der Waals surface area contributed by atoms with E-state index in [0.29, 0.717) is 17.2 Å². The molecule has 0 radical (unpaired) electrons. The highest BCUT2D eigenvalue weighted by Gasteiger charge is 2.36. The van der Waals surface area contributed by atoms with Crippen molar-refractivity contribution in [3.63, 3.8) is 0 Å². The number of benzene rings is 2. The number of carboxylic acids is 1. The van der Waals surface area contributed by atoms with Gasteiger partial charge in [-0.25, -0.2) is 4.39 Å². The number of nitrogens with zero attached hydrogens (tertiary/aromatic N) is 2. The van der Waals surface area contributed by atoms with E-state index in [-0.39, 0.29) is 52.0 Å². The zero-order valence-corrected chi connectivity index (χ0v) is 27.9. The standard InChI is InChI=1S/C33H37Cl2F4N3O4/c1-17(2)9-27(42-16-20(7-8-41(5)6)23(14-28(42)43)33(37,38)39)32(46)40-26(15-29(44)45)22-13-21(12-19(4)31(22)36)30-24(34)10-18(3)11-25(30)35/h10-14,16-17,26-27H,7-9,15H2,1-6H3,(H,40,46)(H,44,45)/t26-,27?/m0/s1. The fourth-order valence-corrected chi connectivity index (χ4v) is 6.10. The normalized spacial score (nSPS) is 13.3. The molecule has 3 aromatic rings. The van der Waals surface area contributed by atoms with E-state index in [9.17, 15) is 32.7 Å². The van der Waals surface area contributed by atoms with E-state index in [1.807, 2.05) is 0 Å². The molecule has 0 aliphatic carbocycles. The molecular formula is C33H37Cl2F4N3O4. The van der Waals surface area contributed by atoms with Crippen LogP contribution in [0.2, 0.25) is 10.0 Å². The third-order valence-electron chi connectivity index (χ3n) is 7.46. The number of pyridine rings is 1. The van der Waals surface area contributed by atoms with Crippen LogP contribution < -0.4 is 10.9 Å². The van der Waals surface area contributed by atoms with Gasteiger partial charge < -0.3 is 19.9 Å². The second-order valence-corrected chi connectivity index (χ2v) is 12.9. The Hall–Kier alpha value is -3.41. The van der Waals surface area contributed by atoms with E-state index in [0.717, 1.165) is 16.3 Å². The molecule has 1 unspecified atom stereocenters. The van der Waals surface area contributed by atoms with Crippen molar-refractivity contribution in [2.24, 2.45) is 5.92 Å². The van der Waals surface area contributed by atoms with Crippen molar-refractivity contribution in [1.29, 1.82) is 0 Å². The predicted molar refractivity (Wildman–Crippen MR) is 171 cm³/mol. The molecule has 0 bridgehead atoms. The van der Waals surface area contributed by atoms with E-state index in [1.54, 1.807) is 51.9 Å². The summed E-state index contributed by atoms with van der Waals surface area (Å²) in [6.45, 7) is 7.03. The lowest BCUT2D eigenvalue weighted by Gasteiger charge is -2.27. The van der Waals surface area contributed by atoms with Crippen LogP contribution in [0.1, 0.15) is 66.6 Å². The molecule has 1 aromatic heterocycles. The van der Waals surface area contributed by atoms with Crippen LogP contribution in [0.5, 0.6) is 0 Å². The first kappa shape index (κ1) is 37.1. The quantitative estimate of drug-likeness (QED) is 0.192. The highest BCUT2D eigenvalue weighted by atomic mass is 35.5. The zero-order chi connectivity index (χ0) is 34.7. The summed E-state index contributed by atoms with van der Waals surface area (Å²) in [5.41, 5.74) is -0.787. The Kier molecular flexibility index (Phi) is 12.1. The Balaban J connectivity index is 2.15. The number of hydrogen-bond acceptors (Lipinski definition) is 4. The summed E-state index contributed by atoms with van der Waals surface area (Å²) in [6.07, 6.45) is -4.52. The number of likely N-dealkylation sites (N-methyl/N-ethyl adjacent to an activating group) is 1. The van der Waals surface area contributed by atoms with Gasteiger partial charge in [0.05, 0.1) is 28.1 Å². The van der Waals surface area contributed by atoms with E-state index in [4.69, 9.17) is 23.2 Å².